The Morgan fingerprint density at radius 2 is 1.82 bits per heavy atom. The summed E-state index contributed by atoms with van der Waals surface area (Å²) in [7, 11) is 0. The van der Waals surface area contributed by atoms with Gasteiger partial charge in [0.05, 0.1) is 31.9 Å². The average Bonchev–Trinajstić information content (AvgIpc) is 3.10. The lowest BCUT2D eigenvalue weighted by atomic mass is 9.96. The Hall–Kier alpha value is -3.23. The number of nitrogens with zero attached hydrogens (tertiary/aromatic N) is 2. The molecule has 8 nitrogen and oxygen atoms in total. The lowest BCUT2D eigenvalue weighted by Gasteiger charge is -2.28. The molecule has 1 N–H and O–H groups in total. The van der Waals surface area contributed by atoms with Crippen molar-refractivity contribution in [3.63, 3.8) is 0 Å². The number of ether oxygens (including phenoxy) is 2. The third-order valence-corrected chi connectivity index (χ3v) is 6.17. The molecular weight excluding hydrogens is 434 g/mol. The third-order valence-electron chi connectivity index (χ3n) is 6.17. The lowest BCUT2D eigenvalue weighted by Crippen LogP contribution is -3.14. The Morgan fingerprint density at radius 3 is 2.47 bits per heavy atom. The standard InChI is InChI=1S/C26H31N3O5/c1-18(2)34-21-6-4-20(5-7-21)24(30)22-23(19-8-10-27-11-9-19)29(26(32)25(22)31)13-3-12-28-14-16-33-17-15-28/h4-11,18,23,30H,3,12-17H2,1-2H3/b24-22+. The van der Waals surface area contributed by atoms with Gasteiger partial charge in [-0.2, -0.15) is 0 Å². The van der Waals surface area contributed by atoms with Gasteiger partial charge in [0.2, 0.25) is 5.78 Å². The van der Waals surface area contributed by atoms with Crippen molar-refractivity contribution in [2.45, 2.75) is 32.4 Å². The molecule has 3 heterocycles. The number of carbonyl (C=O) groups excluding carboxylic acids is 2. The maximum absolute atomic E-state index is 13.5. The predicted molar refractivity (Wildman–Crippen MR) is 124 cm³/mol. The van der Waals surface area contributed by atoms with Gasteiger partial charge < -0.3 is 24.4 Å². The van der Waals surface area contributed by atoms with Crippen LogP contribution in [0.25, 0.3) is 5.76 Å². The van der Waals surface area contributed by atoms with E-state index in [9.17, 15) is 14.7 Å². The van der Waals surface area contributed by atoms with Gasteiger partial charge in [-0.15, -0.1) is 0 Å². The van der Waals surface area contributed by atoms with E-state index in [4.69, 9.17) is 9.47 Å². The minimum absolute atomic E-state index is 0.00699. The topological polar surface area (TPSA) is 96.2 Å². The van der Waals surface area contributed by atoms with Crippen molar-refractivity contribution in [2.75, 3.05) is 39.4 Å². The van der Waals surface area contributed by atoms with Gasteiger partial charge in [-0.3, -0.25) is 14.6 Å². The van der Waals surface area contributed by atoms with Crippen LogP contribution in [0, 0.1) is 0 Å². The molecule has 0 saturated carbocycles. The predicted octanol–water partition coefficient (Wildman–Crippen LogP) is 0.398. The van der Waals surface area contributed by atoms with Crippen LogP contribution in [0.15, 0.2) is 54.4 Å². The molecule has 1 atom stereocenters. The van der Waals surface area contributed by atoms with Gasteiger partial charge in [-0.1, -0.05) is 17.9 Å². The Kier molecular flexibility index (Phi) is 7.59. The highest BCUT2D eigenvalue weighted by Crippen LogP contribution is 2.38. The van der Waals surface area contributed by atoms with Crippen LogP contribution in [0.4, 0.5) is 0 Å². The number of ketones is 1. The number of nitrogens with one attached hydrogen (secondary N) is 1. The summed E-state index contributed by atoms with van der Waals surface area (Å²) in [5.41, 5.74) is 1.05. The molecule has 2 aliphatic heterocycles. The molecule has 8 heteroatoms. The number of quaternary nitrogens is 1. The molecule has 2 fully saturated rings. The minimum Gasteiger partial charge on any atom is -0.872 e. The number of likely N-dealkylation sites (tertiary alicyclic amines) is 1. The number of hydrogen-bond donors (Lipinski definition) is 1. The van der Waals surface area contributed by atoms with Crippen LogP contribution in [0.5, 0.6) is 5.75 Å². The summed E-state index contributed by atoms with van der Waals surface area (Å²) in [6.07, 6.45) is 3.96. The zero-order chi connectivity index (χ0) is 24.1. The minimum atomic E-state index is -0.729. The van der Waals surface area contributed by atoms with E-state index in [1.807, 2.05) is 13.8 Å². The number of hydrogen-bond acceptors (Lipinski definition) is 6. The number of Topliss-reactive ketones (excluding diaryl/α,β-unsaturated/α-hetero) is 1. The summed E-state index contributed by atoms with van der Waals surface area (Å²) < 4.78 is 11.1. The first kappa shape index (κ1) is 23.9. The number of benzene rings is 1. The van der Waals surface area contributed by atoms with Crippen molar-refractivity contribution in [1.82, 2.24) is 9.88 Å². The maximum Gasteiger partial charge on any atom is 0.295 e. The van der Waals surface area contributed by atoms with E-state index >= 15 is 0 Å². The summed E-state index contributed by atoms with van der Waals surface area (Å²) in [5.74, 6) is -1.14. The van der Waals surface area contributed by atoms with Crippen molar-refractivity contribution < 1.29 is 29.1 Å². The molecular formula is C26H31N3O5. The van der Waals surface area contributed by atoms with Crippen LogP contribution >= 0.6 is 0 Å². The molecule has 4 rings (SSSR count). The number of morpholine rings is 1. The molecule has 1 aromatic carbocycles. The van der Waals surface area contributed by atoms with Gasteiger partial charge in [0.25, 0.3) is 5.91 Å². The van der Waals surface area contributed by atoms with E-state index in [0.717, 1.165) is 39.3 Å². The molecule has 1 unspecified atom stereocenters. The summed E-state index contributed by atoms with van der Waals surface area (Å²) in [4.78, 5) is 33.1. The van der Waals surface area contributed by atoms with E-state index in [1.54, 1.807) is 53.7 Å². The highest BCUT2D eigenvalue weighted by Gasteiger charge is 2.44. The highest BCUT2D eigenvalue weighted by atomic mass is 16.5. The maximum atomic E-state index is 13.5. The first-order chi connectivity index (χ1) is 16.5. The number of aromatic nitrogens is 1. The molecule has 1 aromatic heterocycles. The molecule has 0 spiro atoms. The van der Waals surface area contributed by atoms with E-state index in [0.29, 0.717) is 23.4 Å². The average molecular weight is 466 g/mol. The van der Waals surface area contributed by atoms with Crippen molar-refractivity contribution in [3.05, 3.63) is 65.5 Å². The van der Waals surface area contributed by atoms with Gasteiger partial charge in [0.15, 0.2) is 0 Å². The zero-order valence-electron chi connectivity index (χ0n) is 19.7. The fraction of sp³-hybridized carbons (Fsp3) is 0.423. The monoisotopic (exact) mass is 465 g/mol. The summed E-state index contributed by atoms with van der Waals surface area (Å²) >= 11 is 0. The van der Waals surface area contributed by atoms with Gasteiger partial charge in [-0.25, -0.2) is 0 Å². The quantitative estimate of drug-likeness (QED) is 0.344. The van der Waals surface area contributed by atoms with Crippen LogP contribution in [0.2, 0.25) is 0 Å². The zero-order valence-corrected chi connectivity index (χ0v) is 19.7. The fourth-order valence-electron chi connectivity index (χ4n) is 4.52. The third kappa shape index (κ3) is 5.29. The summed E-state index contributed by atoms with van der Waals surface area (Å²) in [6.45, 7) is 8.48. The van der Waals surface area contributed by atoms with Gasteiger partial charge in [-0.05, 0) is 49.2 Å². The van der Waals surface area contributed by atoms with E-state index in [2.05, 4.69) is 4.98 Å². The van der Waals surface area contributed by atoms with Crippen LogP contribution in [0.1, 0.15) is 37.4 Å². The number of carbonyl (C=O) groups is 2. The Balaban J connectivity index is 1.62. The molecule has 0 radical (unpaired) electrons. The second-order valence-corrected chi connectivity index (χ2v) is 8.91. The first-order valence-electron chi connectivity index (χ1n) is 11.8. The molecule has 0 bridgehead atoms. The molecule has 2 saturated heterocycles. The second kappa shape index (κ2) is 10.8. The van der Waals surface area contributed by atoms with Crippen molar-refractivity contribution in [2.24, 2.45) is 0 Å². The van der Waals surface area contributed by atoms with E-state index in [1.165, 1.54) is 4.90 Å². The number of rotatable bonds is 8. The Labute approximate surface area is 199 Å². The van der Waals surface area contributed by atoms with Gasteiger partial charge in [0, 0.05) is 30.9 Å². The molecule has 2 aliphatic rings. The molecule has 1 amide bonds. The largest absolute Gasteiger partial charge is 0.872 e. The van der Waals surface area contributed by atoms with Crippen LogP contribution in [0.3, 0.4) is 0 Å². The molecule has 180 valence electrons. The number of amides is 1. The SMILES string of the molecule is CC(C)Oc1ccc(/C([O-])=C2\C(=O)C(=O)N(CCC[NH+]3CCOCC3)C2c2ccncc2)cc1. The molecule has 2 aromatic rings. The van der Waals surface area contributed by atoms with Crippen molar-refractivity contribution in [1.29, 1.82) is 0 Å². The van der Waals surface area contributed by atoms with Crippen LogP contribution in [-0.4, -0.2) is 67.1 Å². The second-order valence-electron chi connectivity index (χ2n) is 8.91. The lowest BCUT2D eigenvalue weighted by molar-refractivity contribution is -0.908. The van der Waals surface area contributed by atoms with Gasteiger partial charge in [0.1, 0.15) is 18.8 Å². The highest BCUT2D eigenvalue weighted by molar-refractivity contribution is 6.46. The van der Waals surface area contributed by atoms with E-state index in [-0.39, 0.29) is 11.7 Å². The van der Waals surface area contributed by atoms with Gasteiger partial charge >= 0.3 is 0 Å². The van der Waals surface area contributed by atoms with Crippen LogP contribution in [-0.2, 0) is 14.3 Å². The Bertz CT molecular complexity index is 1030. The normalized spacial score (nSPS) is 20.8. The van der Waals surface area contributed by atoms with E-state index < -0.39 is 23.5 Å². The van der Waals surface area contributed by atoms with Crippen molar-refractivity contribution >= 4 is 17.4 Å². The molecule has 0 aliphatic carbocycles. The summed E-state index contributed by atoms with van der Waals surface area (Å²) in [5, 5.41) is 13.5. The smallest absolute Gasteiger partial charge is 0.295 e. The molecule has 34 heavy (non-hydrogen) atoms. The Morgan fingerprint density at radius 1 is 1.15 bits per heavy atom. The fourth-order valence-corrected chi connectivity index (χ4v) is 4.52. The van der Waals surface area contributed by atoms with Crippen molar-refractivity contribution in [3.8, 4) is 5.75 Å². The summed E-state index contributed by atoms with van der Waals surface area (Å²) in [6, 6.07) is 9.48. The van der Waals surface area contributed by atoms with Crippen LogP contribution < -0.4 is 14.7 Å². The first-order valence-corrected chi connectivity index (χ1v) is 11.8. The number of pyridine rings is 1.